The zero-order valence-corrected chi connectivity index (χ0v) is 15.7. The average molecular weight is 346 g/mol. The average Bonchev–Trinajstić information content (AvgIpc) is 2.56. The summed E-state index contributed by atoms with van der Waals surface area (Å²) in [5.41, 5.74) is -2.53. The van der Waals surface area contributed by atoms with Gasteiger partial charge in [0.1, 0.15) is 17.7 Å². The number of esters is 1. The molecular weight excluding hydrogens is 316 g/mol. The van der Waals surface area contributed by atoms with Gasteiger partial charge in [0, 0.05) is 22.7 Å². The predicted octanol–water partition coefficient (Wildman–Crippen LogP) is 4.02. The van der Waals surface area contributed by atoms with Gasteiger partial charge in [0.25, 0.3) is 0 Å². The van der Waals surface area contributed by atoms with E-state index >= 15 is 0 Å². The Morgan fingerprint density at radius 3 is 2.44 bits per heavy atom. The van der Waals surface area contributed by atoms with Crippen molar-refractivity contribution >= 4 is 17.5 Å². The molecule has 138 valence electrons. The molecule has 4 aliphatic rings. The number of allylic oxidation sites excluding steroid dienone is 1. The number of Topliss-reactive ketones (excluding diaryl/α,β-unsaturated/α-hetero) is 2. The maximum absolute atomic E-state index is 13.3. The van der Waals surface area contributed by atoms with E-state index < -0.39 is 22.2 Å². The highest BCUT2D eigenvalue weighted by Crippen LogP contribution is 2.65. The fourth-order valence-corrected chi connectivity index (χ4v) is 5.56. The summed E-state index contributed by atoms with van der Waals surface area (Å²) in [7, 11) is 0. The summed E-state index contributed by atoms with van der Waals surface area (Å²) in [6.07, 6.45) is 7.86. The molecular formula is C21H30O4. The van der Waals surface area contributed by atoms with Crippen molar-refractivity contribution < 1.29 is 19.1 Å². The number of rotatable bonds is 4. The van der Waals surface area contributed by atoms with Crippen molar-refractivity contribution in [1.29, 1.82) is 0 Å². The fourth-order valence-electron chi connectivity index (χ4n) is 5.56. The van der Waals surface area contributed by atoms with Gasteiger partial charge < -0.3 is 4.74 Å². The number of carbonyl (C=O) groups excluding carboxylic acids is 3. The number of hydrogen-bond donors (Lipinski definition) is 0. The third-order valence-electron chi connectivity index (χ3n) is 7.28. The molecule has 4 heteroatoms. The van der Waals surface area contributed by atoms with Crippen molar-refractivity contribution in [3.05, 3.63) is 12.7 Å². The van der Waals surface area contributed by atoms with Crippen LogP contribution in [-0.2, 0) is 19.1 Å². The van der Waals surface area contributed by atoms with Gasteiger partial charge in [0.15, 0.2) is 0 Å². The summed E-state index contributed by atoms with van der Waals surface area (Å²) < 4.78 is 5.80. The van der Waals surface area contributed by atoms with Crippen LogP contribution in [0.2, 0.25) is 0 Å². The summed E-state index contributed by atoms with van der Waals surface area (Å²) in [5.74, 6) is -0.675. The third-order valence-corrected chi connectivity index (χ3v) is 7.28. The van der Waals surface area contributed by atoms with Crippen molar-refractivity contribution in [3.8, 4) is 0 Å². The van der Waals surface area contributed by atoms with Gasteiger partial charge in [-0.2, -0.15) is 0 Å². The van der Waals surface area contributed by atoms with Crippen LogP contribution in [0.3, 0.4) is 0 Å². The van der Waals surface area contributed by atoms with Gasteiger partial charge in [-0.1, -0.05) is 33.3 Å². The van der Waals surface area contributed by atoms with Crippen LogP contribution in [0.1, 0.15) is 72.1 Å². The van der Waals surface area contributed by atoms with Crippen LogP contribution in [0.5, 0.6) is 0 Å². The second kappa shape index (κ2) is 6.07. The maximum atomic E-state index is 13.3. The van der Waals surface area contributed by atoms with E-state index in [0.29, 0.717) is 12.8 Å². The number of ether oxygens (including phenoxy) is 1. The van der Waals surface area contributed by atoms with Gasteiger partial charge >= 0.3 is 5.97 Å². The predicted molar refractivity (Wildman–Crippen MR) is 94.8 cm³/mol. The zero-order valence-electron chi connectivity index (χ0n) is 15.7. The van der Waals surface area contributed by atoms with E-state index in [0.717, 1.165) is 25.7 Å². The van der Waals surface area contributed by atoms with E-state index in [1.165, 1.54) is 6.42 Å². The molecule has 0 amide bonds. The van der Waals surface area contributed by atoms with E-state index in [2.05, 4.69) is 6.58 Å². The summed E-state index contributed by atoms with van der Waals surface area (Å²) in [6, 6.07) is 0. The van der Waals surface area contributed by atoms with Crippen LogP contribution in [0.15, 0.2) is 12.7 Å². The Balaban J connectivity index is 1.91. The van der Waals surface area contributed by atoms with Crippen LogP contribution >= 0.6 is 0 Å². The molecule has 2 bridgehead atoms. The Hall–Kier alpha value is -1.45. The Morgan fingerprint density at radius 2 is 1.84 bits per heavy atom. The highest BCUT2D eigenvalue weighted by molar-refractivity contribution is 6.08. The quantitative estimate of drug-likeness (QED) is 0.570. The molecule has 4 aliphatic carbocycles. The van der Waals surface area contributed by atoms with E-state index in [4.69, 9.17) is 4.74 Å². The van der Waals surface area contributed by atoms with Crippen molar-refractivity contribution in [2.45, 2.75) is 78.2 Å². The van der Waals surface area contributed by atoms with Gasteiger partial charge in [0.05, 0.1) is 5.92 Å². The van der Waals surface area contributed by atoms with Gasteiger partial charge in [-0.15, -0.1) is 6.58 Å². The lowest BCUT2D eigenvalue weighted by molar-refractivity contribution is -0.194. The van der Waals surface area contributed by atoms with Gasteiger partial charge in [-0.05, 0) is 38.5 Å². The molecule has 0 radical (unpaired) electrons. The lowest BCUT2D eigenvalue weighted by Crippen LogP contribution is -2.68. The number of carbonyl (C=O) groups is 3. The maximum Gasteiger partial charge on any atom is 0.310 e. The van der Waals surface area contributed by atoms with Crippen LogP contribution in [0.4, 0.5) is 0 Å². The first-order valence-electron chi connectivity index (χ1n) is 9.59. The molecule has 4 rings (SSSR count). The molecule has 0 heterocycles. The molecule has 4 nitrogen and oxygen atoms in total. The first kappa shape index (κ1) is 18.3. The molecule has 0 saturated heterocycles. The summed E-state index contributed by atoms with van der Waals surface area (Å²) >= 11 is 0. The van der Waals surface area contributed by atoms with Gasteiger partial charge in [-0.3, -0.25) is 14.4 Å². The molecule has 25 heavy (non-hydrogen) atoms. The minimum atomic E-state index is -0.935. The molecule has 3 atom stereocenters. The smallest absolute Gasteiger partial charge is 0.310 e. The largest absolute Gasteiger partial charge is 0.462 e. The summed E-state index contributed by atoms with van der Waals surface area (Å²) in [5, 5.41) is 0. The third kappa shape index (κ3) is 2.51. The second-order valence-corrected chi connectivity index (χ2v) is 9.00. The molecule has 0 aliphatic heterocycles. The zero-order chi connectivity index (χ0) is 18.5. The van der Waals surface area contributed by atoms with Crippen molar-refractivity contribution in [3.63, 3.8) is 0 Å². The highest BCUT2D eigenvalue weighted by atomic mass is 16.5. The molecule has 4 fully saturated rings. The van der Waals surface area contributed by atoms with Crippen LogP contribution in [0.25, 0.3) is 0 Å². The van der Waals surface area contributed by atoms with E-state index in [1.807, 2.05) is 13.8 Å². The molecule has 0 N–H and O–H groups in total. The van der Waals surface area contributed by atoms with Crippen molar-refractivity contribution in [2.24, 2.45) is 22.2 Å². The lowest BCUT2D eigenvalue weighted by atomic mass is 9.39. The standard InChI is InChI=1S/C21H30O4/c1-5-11-21-12-15(17(23)25-14-9-7-6-8-10-14)20(4,13-16(21)22)18(24)19(21,2)3/h5,14-15H,1,6-13H2,2-4H3/t15-,20+,21+/m1/s1. The topological polar surface area (TPSA) is 60.4 Å². The van der Waals surface area contributed by atoms with Crippen LogP contribution in [0, 0.1) is 22.2 Å². The number of ketones is 2. The Kier molecular flexibility index (Phi) is 4.45. The first-order chi connectivity index (χ1) is 11.7. The molecule has 0 aromatic rings. The van der Waals surface area contributed by atoms with Crippen molar-refractivity contribution in [1.82, 2.24) is 0 Å². The normalized spacial score (nSPS) is 37.8. The second-order valence-electron chi connectivity index (χ2n) is 9.00. The Labute approximate surface area is 150 Å². The van der Waals surface area contributed by atoms with Crippen LogP contribution < -0.4 is 0 Å². The monoisotopic (exact) mass is 346 g/mol. The van der Waals surface area contributed by atoms with E-state index in [-0.39, 0.29) is 30.1 Å². The van der Waals surface area contributed by atoms with Gasteiger partial charge in [-0.25, -0.2) is 0 Å². The number of hydrogen-bond acceptors (Lipinski definition) is 4. The summed E-state index contributed by atoms with van der Waals surface area (Å²) in [6.45, 7) is 9.30. The molecule has 0 aromatic carbocycles. The molecule has 0 unspecified atom stereocenters. The Morgan fingerprint density at radius 1 is 1.20 bits per heavy atom. The first-order valence-corrected chi connectivity index (χ1v) is 9.59. The van der Waals surface area contributed by atoms with Crippen LogP contribution in [-0.4, -0.2) is 23.6 Å². The fraction of sp³-hybridized carbons (Fsp3) is 0.762. The SMILES string of the molecule is C=CC[C@]12C[C@H](C(=O)OC3CCCCC3)[C@](C)(CC1=O)C(=O)C2(C)C. The molecule has 0 aromatic heterocycles. The molecule has 0 spiro atoms. The summed E-state index contributed by atoms with van der Waals surface area (Å²) in [4.78, 5) is 39.2. The molecule has 4 saturated carbocycles. The highest BCUT2D eigenvalue weighted by Gasteiger charge is 2.71. The van der Waals surface area contributed by atoms with E-state index in [1.54, 1.807) is 13.0 Å². The van der Waals surface area contributed by atoms with E-state index in [9.17, 15) is 14.4 Å². The minimum absolute atomic E-state index is 0.0262. The number of fused-ring (bicyclic) bond motifs is 3. The van der Waals surface area contributed by atoms with Crippen molar-refractivity contribution in [2.75, 3.05) is 0 Å². The lowest BCUT2D eigenvalue weighted by Gasteiger charge is -2.61. The Bertz CT molecular complexity index is 613. The van der Waals surface area contributed by atoms with Gasteiger partial charge in [0.2, 0.25) is 0 Å². The minimum Gasteiger partial charge on any atom is -0.462 e.